The summed E-state index contributed by atoms with van der Waals surface area (Å²) in [5.74, 6) is -4.86. The van der Waals surface area contributed by atoms with Crippen LogP contribution in [-0.2, 0) is 16.0 Å². The Hall–Kier alpha value is -3.56. The van der Waals surface area contributed by atoms with Gasteiger partial charge in [0.1, 0.15) is 23.7 Å². The SMILES string of the molecule is COc1ccc(C[C@@H]2NC(=O)[C@H]3CN(C(=O)c4cc(F)c(F)cc4F)CCN3C2=O)cc1. The number of hydrogen-bond acceptors (Lipinski definition) is 4. The number of methoxy groups -OCH3 is 1. The van der Waals surface area contributed by atoms with Gasteiger partial charge < -0.3 is 19.9 Å². The van der Waals surface area contributed by atoms with Crippen molar-refractivity contribution in [2.24, 2.45) is 0 Å². The van der Waals surface area contributed by atoms with Crippen molar-refractivity contribution in [1.29, 1.82) is 0 Å². The molecule has 2 aliphatic rings. The summed E-state index contributed by atoms with van der Waals surface area (Å²) in [6.07, 6.45) is 0.292. The maximum atomic E-state index is 14.0. The monoisotopic (exact) mass is 447 g/mol. The fraction of sp³-hybridized carbons (Fsp3) is 0.318. The van der Waals surface area contributed by atoms with Gasteiger partial charge in [0.2, 0.25) is 11.8 Å². The van der Waals surface area contributed by atoms with E-state index in [1.165, 1.54) is 4.90 Å². The predicted octanol–water partition coefficient (Wildman–Crippen LogP) is 1.51. The third-order valence-corrected chi connectivity index (χ3v) is 5.71. The van der Waals surface area contributed by atoms with Gasteiger partial charge in [-0.3, -0.25) is 14.4 Å². The molecule has 0 spiro atoms. The highest BCUT2D eigenvalue weighted by atomic mass is 19.2. The fourth-order valence-corrected chi connectivity index (χ4v) is 3.98. The fourth-order valence-electron chi connectivity index (χ4n) is 3.98. The maximum absolute atomic E-state index is 14.0. The highest BCUT2D eigenvalue weighted by Crippen LogP contribution is 2.22. The second-order valence-corrected chi connectivity index (χ2v) is 7.66. The van der Waals surface area contributed by atoms with E-state index >= 15 is 0 Å². The number of halogens is 3. The molecule has 2 fully saturated rings. The molecule has 3 amide bonds. The van der Waals surface area contributed by atoms with Gasteiger partial charge in [-0.05, 0) is 23.8 Å². The molecule has 2 aromatic carbocycles. The summed E-state index contributed by atoms with van der Waals surface area (Å²) in [6, 6.07) is 6.23. The molecule has 0 aliphatic carbocycles. The lowest BCUT2D eigenvalue weighted by Crippen LogP contribution is -2.70. The quantitative estimate of drug-likeness (QED) is 0.721. The Bertz CT molecular complexity index is 1080. The maximum Gasteiger partial charge on any atom is 0.257 e. The van der Waals surface area contributed by atoms with Gasteiger partial charge in [-0.15, -0.1) is 0 Å². The van der Waals surface area contributed by atoms with Gasteiger partial charge in [-0.1, -0.05) is 12.1 Å². The number of amides is 3. The van der Waals surface area contributed by atoms with Crippen molar-refractivity contribution in [2.45, 2.75) is 18.5 Å². The summed E-state index contributed by atoms with van der Waals surface area (Å²) in [5.41, 5.74) is 0.211. The van der Waals surface area contributed by atoms with Crippen LogP contribution in [0.5, 0.6) is 5.75 Å². The molecule has 2 atom stereocenters. The first-order chi connectivity index (χ1) is 15.3. The molecule has 0 bridgehead atoms. The van der Waals surface area contributed by atoms with Crippen LogP contribution in [0, 0.1) is 17.5 Å². The first-order valence-electron chi connectivity index (χ1n) is 9.96. The van der Waals surface area contributed by atoms with Crippen LogP contribution in [0.25, 0.3) is 0 Å². The van der Waals surface area contributed by atoms with E-state index in [2.05, 4.69) is 5.32 Å². The van der Waals surface area contributed by atoms with Crippen LogP contribution in [0.2, 0.25) is 0 Å². The van der Waals surface area contributed by atoms with Crippen LogP contribution < -0.4 is 10.1 Å². The Kier molecular flexibility index (Phi) is 5.77. The molecule has 10 heteroatoms. The number of carbonyl (C=O) groups excluding carboxylic acids is 3. The highest BCUT2D eigenvalue weighted by Gasteiger charge is 2.44. The van der Waals surface area contributed by atoms with Crippen LogP contribution in [0.1, 0.15) is 15.9 Å². The molecule has 4 rings (SSSR count). The number of fused-ring (bicyclic) bond motifs is 1. The van der Waals surface area contributed by atoms with Crippen LogP contribution in [-0.4, -0.2) is 66.3 Å². The molecule has 32 heavy (non-hydrogen) atoms. The molecule has 0 unspecified atom stereocenters. The Morgan fingerprint density at radius 2 is 1.75 bits per heavy atom. The second-order valence-electron chi connectivity index (χ2n) is 7.66. The summed E-state index contributed by atoms with van der Waals surface area (Å²) in [7, 11) is 1.55. The summed E-state index contributed by atoms with van der Waals surface area (Å²) in [5, 5.41) is 2.69. The third-order valence-electron chi connectivity index (χ3n) is 5.71. The molecule has 1 N–H and O–H groups in total. The number of benzene rings is 2. The number of carbonyl (C=O) groups is 3. The Morgan fingerprint density at radius 1 is 1.06 bits per heavy atom. The van der Waals surface area contributed by atoms with Crippen LogP contribution in [0.15, 0.2) is 36.4 Å². The zero-order valence-corrected chi connectivity index (χ0v) is 17.1. The molecular weight excluding hydrogens is 427 g/mol. The minimum atomic E-state index is -1.40. The highest BCUT2D eigenvalue weighted by molar-refractivity contribution is 5.99. The van der Waals surface area contributed by atoms with E-state index in [9.17, 15) is 27.6 Å². The van der Waals surface area contributed by atoms with Gasteiger partial charge in [0.05, 0.1) is 19.2 Å². The van der Waals surface area contributed by atoms with Crippen LogP contribution in [0.4, 0.5) is 13.2 Å². The van der Waals surface area contributed by atoms with Crippen molar-refractivity contribution in [3.05, 3.63) is 65.0 Å². The molecule has 7 nitrogen and oxygen atoms in total. The van der Waals surface area contributed by atoms with Gasteiger partial charge in [0.25, 0.3) is 5.91 Å². The Balaban J connectivity index is 1.46. The second kappa shape index (κ2) is 8.52. The minimum absolute atomic E-state index is 0.0298. The van der Waals surface area contributed by atoms with E-state index in [0.717, 1.165) is 10.5 Å². The van der Waals surface area contributed by atoms with Gasteiger partial charge in [-0.25, -0.2) is 13.2 Å². The lowest BCUT2D eigenvalue weighted by Gasteiger charge is -2.45. The first kappa shape index (κ1) is 21.7. The Morgan fingerprint density at radius 3 is 2.44 bits per heavy atom. The zero-order valence-electron chi connectivity index (χ0n) is 17.1. The van der Waals surface area contributed by atoms with Crippen LogP contribution >= 0.6 is 0 Å². The van der Waals surface area contributed by atoms with Crippen molar-refractivity contribution in [2.75, 3.05) is 26.7 Å². The molecule has 2 aromatic rings. The van der Waals surface area contributed by atoms with E-state index in [1.807, 2.05) is 0 Å². The largest absolute Gasteiger partial charge is 0.497 e. The summed E-state index contributed by atoms with van der Waals surface area (Å²) in [4.78, 5) is 40.9. The minimum Gasteiger partial charge on any atom is -0.497 e. The number of nitrogens with one attached hydrogen (secondary N) is 1. The molecule has 0 saturated carbocycles. The van der Waals surface area contributed by atoms with Crippen molar-refractivity contribution in [3.63, 3.8) is 0 Å². The molecule has 2 heterocycles. The van der Waals surface area contributed by atoms with Crippen molar-refractivity contribution < 1.29 is 32.3 Å². The van der Waals surface area contributed by atoms with Crippen LogP contribution in [0.3, 0.4) is 0 Å². The van der Waals surface area contributed by atoms with E-state index in [1.54, 1.807) is 31.4 Å². The molecular formula is C22H20F3N3O4. The van der Waals surface area contributed by atoms with Gasteiger partial charge >= 0.3 is 0 Å². The van der Waals surface area contributed by atoms with Gasteiger partial charge in [0.15, 0.2) is 11.6 Å². The average molecular weight is 447 g/mol. The number of hydrogen-bond donors (Lipinski definition) is 1. The number of rotatable bonds is 4. The lowest BCUT2D eigenvalue weighted by atomic mass is 9.98. The first-order valence-corrected chi connectivity index (χ1v) is 9.96. The van der Waals surface area contributed by atoms with E-state index in [-0.39, 0.29) is 25.5 Å². The lowest BCUT2D eigenvalue weighted by molar-refractivity contribution is -0.152. The van der Waals surface area contributed by atoms with E-state index in [0.29, 0.717) is 24.3 Å². The van der Waals surface area contributed by atoms with Crippen molar-refractivity contribution in [1.82, 2.24) is 15.1 Å². The molecule has 2 saturated heterocycles. The van der Waals surface area contributed by atoms with E-state index < -0.39 is 46.9 Å². The van der Waals surface area contributed by atoms with Gasteiger partial charge in [-0.2, -0.15) is 0 Å². The normalized spacial score (nSPS) is 20.6. The molecule has 0 aromatic heterocycles. The van der Waals surface area contributed by atoms with E-state index in [4.69, 9.17) is 4.74 Å². The number of ether oxygens (including phenoxy) is 1. The van der Waals surface area contributed by atoms with Crippen molar-refractivity contribution in [3.8, 4) is 5.75 Å². The molecule has 168 valence electrons. The number of piperazine rings is 2. The zero-order chi connectivity index (χ0) is 23.0. The third kappa shape index (κ3) is 4.00. The standard InChI is InChI=1S/C22H20F3N3O4/c1-32-13-4-2-12(3-5-13)8-18-22(31)28-7-6-27(11-19(28)20(29)26-18)21(30)14-9-16(24)17(25)10-15(14)23/h2-5,9-10,18-19H,6-8,11H2,1H3,(H,26,29)/t18-,19+/m0/s1. The average Bonchev–Trinajstić information content (AvgIpc) is 2.79. The predicted molar refractivity (Wildman–Crippen MR) is 106 cm³/mol. The summed E-state index contributed by atoms with van der Waals surface area (Å²) >= 11 is 0. The molecule has 0 radical (unpaired) electrons. The summed E-state index contributed by atoms with van der Waals surface area (Å²) in [6.45, 7) is -0.0841. The summed E-state index contributed by atoms with van der Waals surface area (Å²) < 4.78 is 45.8. The van der Waals surface area contributed by atoms with Crippen molar-refractivity contribution >= 4 is 17.7 Å². The topological polar surface area (TPSA) is 79.0 Å². The molecule has 2 aliphatic heterocycles. The van der Waals surface area contributed by atoms with Gasteiger partial charge in [0, 0.05) is 25.6 Å². The smallest absolute Gasteiger partial charge is 0.257 e. The Labute approximate surface area is 181 Å². The number of nitrogens with zero attached hydrogens (tertiary/aromatic N) is 2.